The second kappa shape index (κ2) is 9.60. The van der Waals surface area contributed by atoms with Gasteiger partial charge in [0.25, 0.3) is 0 Å². The van der Waals surface area contributed by atoms with Crippen molar-refractivity contribution in [3.63, 3.8) is 0 Å². The highest BCUT2D eigenvalue weighted by molar-refractivity contribution is 5.89. The van der Waals surface area contributed by atoms with Crippen LogP contribution in [0.5, 0.6) is 17.2 Å². The maximum atomic E-state index is 12.7. The lowest BCUT2D eigenvalue weighted by Crippen LogP contribution is -2.14. The minimum atomic E-state index is -0.489. The lowest BCUT2D eigenvalue weighted by atomic mass is 10.2. The molecule has 0 bridgehead atoms. The fraction of sp³-hybridized carbons (Fsp3) is 0.227. The van der Waals surface area contributed by atoms with Crippen molar-refractivity contribution >= 4 is 22.9 Å². The molecule has 1 heterocycles. The van der Waals surface area contributed by atoms with E-state index in [1.165, 1.54) is 18.4 Å². The van der Waals surface area contributed by atoms with E-state index in [9.17, 15) is 14.4 Å². The van der Waals surface area contributed by atoms with Crippen molar-refractivity contribution in [2.75, 3.05) is 19.8 Å². The highest BCUT2D eigenvalue weighted by atomic mass is 16.6. The molecule has 2 aromatic carbocycles. The third kappa shape index (κ3) is 4.96. The Labute approximate surface area is 171 Å². The number of hydrogen-bond acceptors (Lipinski definition) is 8. The van der Waals surface area contributed by atoms with Gasteiger partial charge in [-0.1, -0.05) is 0 Å². The second-order valence-electron chi connectivity index (χ2n) is 6.03. The molecule has 0 N–H and O–H groups in total. The minimum Gasteiger partial charge on any atom is -0.482 e. The van der Waals surface area contributed by atoms with Crippen molar-refractivity contribution < 1.29 is 33.0 Å². The van der Waals surface area contributed by atoms with E-state index in [2.05, 4.69) is 0 Å². The number of carbonyl (C=O) groups is 2. The monoisotopic (exact) mass is 412 g/mol. The molecule has 0 atom stereocenters. The Morgan fingerprint density at radius 3 is 2.33 bits per heavy atom. The van der Waals surface area contributed by atoms with Gasteiger partial charge in [0.15, 0.2) is 6.61 Å². The van der Waals surface area contributed by atoms with Crippen LogP contribution in [0.3, 0.4) is 0 Å². The molecule has 0 unspecified atom stereocenters. The lowest BCUT2D eigenvalue weighted by molar-refractivity contribution is -0.145. The zero-order valence-corrected chi connectivity index (χ0v) is 16.5. The summed E-state index contributed by atoms with van der Waals surface area (Å²) in [4.78, 5) is 35.8. The standard InChI is InChI=1S/C22H20O8/c1-3-26-20(23)13-28-16-9-10-17-18(11-16)29-12-19(21(17)24)30-15-7-5-14(6-8-15)22(25)27-4-2/h5-12H,3-4,13H2,1-2H3. The summed E-state index contributed by atoms with van der Waals surface area (Å²) < 4.78 is 26.1. The maximum absolute atomic E-state index is 12.7. The van der Waals surface area contributed by atoms with Crippen LogP contribution in [0.2, 0.25) is 0 Å². The van der Waals surface area contributed by atoms with Crippen LogP contribution in [0.15, 0.2) is 57.9 Å². The van der Waals surface area contributed by atoms with Crippen LogP contribution in [-0.2, 0) is 14.3 Å². The maximum Gasteiger partial charge on any atom is 0.344 e. The predicted octanol–water partition coefficient (Wildman–Crippen LogP) is 3.70. The van der Waals surface area contributed by atoms with Gasteiger partial charge in [-0.05, 0) is 50.2 Å². The highest BCUT2D eigenvalue weighted by Crippen LogP contribution is 2.24. The first-order valence-electron chi connectivity index (χ1n) is 9.30. The van der Waals surface area contributed by atoms with Crippen LogP contribution in [0.4, 0.5) is 0 Å². The summed E-state index contributed by atoms with van der Waals surface area (Å²) >= 11 is 0. The van der Waals surface area contributed by atoms with Crippen LogP contribution in [-0.4, -0.2) is 31.8 Å². The van der Waals surface area contributed by atoms with Crippen LogP contribution >= 0.6 is 0 Å². The molecule has 8 heteroatoms. The Morgan fingerprint density at radius 1 is 0.933 bits per heavy atom. The molecule has 30 heavy (non-hydrogen) atoms. The Hall–Kier alpha value is -3.81. The Morgan fingerprint density at radius 2 is 1.63 bits per heavy atom. The molecular formula is C22H20O8. The van der Waals surface area contributed by atoms with Gasteiger partial charge in [0.1, 0.15) is 23.3 Å². The fourth-order valence-electron chi connectivity index (χ4n) is 2.60. The van der Waals surface area contributed by atoms with E-state index >= 15 is 0 Å². The average Bonchev–Trinajstić information content (AvgIpc) is 2.75. The number of rotatable bonds is 8. The number of hydrogen-bond donors (Lipinski definition) is 0. The zero-order valence-electron chi connectivity index (χ0n) is 16.5. The minimum absolute atomic E-state index is 0.00780. The molecule has 0 amide bonds. The molecule has 0 radical (unpaired) electrons. The number of esters is 2. The summed E-state index contributed by atoms with van der Waals surface area (Å²) in [6.07, 6.45) is 1.19. The molecule has 3 aromatic rings. The van der Waals surface area contributed by atoms with Gasteiger partial charge in [-0.2, -0.15) is 0 Å². The number of fused-ring (bicyclic) bond motifs is 1. The fourth-order valence-corrected chi connectivity index (χ4v) is 2.60. The van der Waals surface area contributed by atoms with Crippen LogP contribution in [0, 0.1) is 0 Å². The summed E-state index contributed by atoms with van der Waals surface area (Å²) in [6, 6.07) is 10.8. The Balaban J connectivity index is 1.75. The van der Waals surface area contributed by atoms with Crippen LogP contribution in [0.1, 0.15) is 24.2 Å². The molecule has 0 saturated carbocycles. The van der Waals surface area contributed by atoms with Crippen molar-refractivity contribution in [3.8, 4) is 17.2 Å². The molecule has 0 spiro atoms. The molecule has 156 valence electrons. The smallest absolute Gasteiger partial charge is 0.344 e. The predicted molar refractivity (Wildman–Crippen MR) is 107 cm³/mol. The average molecular weight is 412 g/mol. The first-order valence-corrected chi connectivity index (χ1v) is 9.30. The van der Waals surface area contributed by atoms with Crippen LogP contribution < -0.4 is 14.9 Å². The summed E-state index contributed by atoms with van der Waals surface area (Å²) in [6.45, 7) is 3.74. The number of carbonyl (C=O) groups excluding carboxylic acids is 2. The normalized spacial score (nSPS) is 10.5. The summed E-state index contributed by atoms with van der Waals surface area (Å²) in [5.41, 5.74) is 0.291. The topological polar surface area (TPSA) is 101 Å². The van der Waals surface area contributed by atoms with Gasteiger partial charge < -0.3 is 23.4 Å². The largest absolute Gasteiger partial charge is 0.482 e. The van der Waals surface area contributed by atoms with Crippen molar-refractivity contribution in [2.24, 2.45) is 0 Å². The quantitative estimate of drug-likeness (QED) is 0.516. The first-order chi connectivity index (χ1) is 14.5. The third-order valence-electron chi connectivity index (χ3n) is 3.97. The van der Waals surface area contributed by atoms with Gasteiger partial charge in [0, 0.05) is 6.07 Å². The second-order valence-corrected chi connectivity index (χ2v) is 6.03. The number of ether oxygens (including phenoxy) is 4. The zero-order chi connectivity index (χ0) is 21.5. The van der Waals surface area contributed by atoms with Crippen molar-refractivity contribution in [2.45, 2.75) is 13.8 Å². The summed E-state index contributed by atoms with van der Waals surface area (Å²) in [5, 5.41) is 0.291. The molecule has 3 rings (SSSR count). The van der Waals surface area contributed by atoms with E-state index < -0.39 is 11.9 Å². The summed E-state index contributed by atoms with van der Waals surface area (Å²) in [5.74, 6) is -0.204. The van der Waals surface area contributed by atoms with Gasteiger partial charge >= 0.3 is 11.9 Å². The van der Waals surface area contributed by atoms with E-state index in [0.717, 1.165) is 0 Å². The Kier molecular flexibility index (Phi) is 6.69. The van der Waals surface area contributed by atoms with E-state index in [-0.39, 0.29) is 36.6 Å². The van der Waals surface area contributed by atoms with E-state index in [4.69, 9.17) is 23.4 Å². The van der Waals surface area contributed by atoms with E-state index in [1.54, 1.807) is 44.2 Å². The lowest BCUT2D eigenvalue weighted by Gasteiger charge is -2.08. The molecular weight excluding hydrogens is 392 g/mol. The van der Waals surface area contributed by atoms with E-state index in [1.807, 2.05) is 0 Å². The highest BCUT2D eigenvalue weighted by Gasteiger charge is 2.12. The molecule has 0 fully saturated rings. The van der Waals surface area contributed by atoms with Gasteiger partial charge in [-0.25, -0.2) is 9.59 Å². The first kappa shape index (κ1) is 20.9. The van der Waals surface area contributed by atoms with Gasteiger partial charge in [-0.3, -0.25) is 4.79 Å². The molecule has 8 nitrogen and oxygen atoms in total. The molecule has 0 saturated heterocycles. The SMILES string of the molecule is CCOC(=O)COc1ccc2c(=O)c(Oc3ccc(C(=O)OCC)cc3)coc2c1. The third-order valence-corrected chi connectivity index (χ3v) is 3.97. The molecule has 0 aliphatic carbocycles. The van der Waals surface area contributed by atoms with Crippen molar-refractivity contribution in [3.05, 3.63) is 64.5 Å². The van der Waals surface area contributed by atoms with Gasteiger partial charge in [0.2, 0.25) is 11.2 Å². The number of benzene rings is 2. The van der Waals surface area contributed by atoms with Gasteiger partial charge in [-0.15, -0.1) is 0 Å². The molecule has 0 aliphatic heterocycles. The van der Waals surface area contributed by atoms with E-state index in [0.29, 0.717) is 22.4 Å². The molecule has 1 aromatic heterocycles. The Bertz CT molecular complexity index is 1100. The molecule has 0 aliphatic rings. The van der Waals surface area contributed by atoms with Crippen molar-refractivity contribution in [1.82, 2.24) is 0 Å². The summed E-state index contributed by atoms with van der Waals surface area (Å²) in [7, 11) is 0. The van der Waals surface area contributed by atoms with Gasteiger partial charge in [0.05, 0.1) is 24.2 Å². The van der Waals surface area contributed by atoms with Crippen molar-refractivity contribution in [1.29, 1.82) is 0 Å². The van der Waals surface area contributed by atoms with Crippen LogP contribution in [0.25, 0.3) is 11.0 Å².